The molecule has 118 valence electrons. The molecule has 22 heavy (non-hydrogen) atoms. The van der Waals surface area contributed by atoms with Gasteiger partial charge in [0.2, 0.25) is 0 Å². The first-order chi connectivity index (χ1) is 10.8. The number of likely N-dealkylation sites (N-methyl/N-ethyl adjacent to an activating group) is 1. The van der Waals surface area contributed by atoms with Crippen LogP contribution in [0.3, 0.4) is 0 Å². The van der Waals surface area contributed by atoms with Crippen LogP contribution < -0.4 is 5.32 Å². The predicted octanol–water partition coefficient (Wildman–Crippen LogP) is 1.85. The lowest BCUT2D eigenvalue weighted by molar-refractivity contribution is 0.340. The molecule has 2 unspecified atom stereocenters. The van der Waals surface area contributed by atoms with Crippen molar-refractivity contribution in [3.63, 3.8) is 0 Å². The molecule has 0 saturated carbocycles. The number of aromatic nitrogens is 3. The molecule has 2 aromatic rings. The Morgan fingerprint density at radius 1 is 1.36 bits per heavy atom. The van der Waals surface area contributed by atoms with Crippen molar-refractivity contribution in [2.24, 2.45) is 5.92 Å². The highest BCUT2D eigenvalue weighted by atomic mass is 15.2. The van der Waals surface area contributed by atoms with Crippen LogP contribution in [0, 0.1) is 5.92 Å². The Morgan fingerprint density at radius 2 is 2.32 bits per heavy atom. The Kier molecular flexibility index (Phi) is 3.84. The van der Waals surface area contributed by atoms with E-state index in [2.05, 4.69) is 32.8 Å². The van der Waals surface area contributed by atoms with Gasteiger partial charge in [-0.3, -0.25) is 0 Å². The maximum absolute atomic E-state index is 4.93. The summed E-state index contributed by atoms with van der Waals surface area (Å²) in [5.74, 6) is 1.96. The summed E-state index contributed by atoms with van der Waals surface area (Å²) in [5.41, 5.74) is 2.13. The molecule has 2 atom stereocenters. The average molecular weight is 299 g/mol. The summed E-state index contributed by atoms with van der Waals surface area (Å²) < 4.78 is 2.45. The highest BCUT2D eigenvalue weighted by molar-refractivity contribution is 5.71. The maximum atomic E-state index is 4.93. The summed E-state index contributed by atoms with van der Waals surface area (Å²) in [6.45, 7) is 7.99. The SMILES string of the molecule is CCN1CCC(n2c(CC3CCNC3)nc3cccnc32)C1. The van der Waals surface area contributed by atoms with Crippen LogP contribution in [-0.2, 0) is 6.42 Å². The first-order valence-electron chi connectivity index (χ1n) is 8.60. The number of fused-ring (bicyclic) bond motifs is 1. The highest BCUT2D eigenvalue weighted by Crippen LogP contribution is 2.28. The summed E-state index contributed by atoms with van der Waals surface area (Å²) in [6.07, 6.45) is 5.45. The third-order valence-corrected chi connectivity index (χ3v) is 5.22. The number of pyridine rings is 1. The van der Waals surface area contributed by atoms with Gasteiger partial charge in [-0.15, -0.1) is 0 Å². The van der Waals surface area contributed by atoms with Crippen LogP contribution in [0.2, 0.25) is 0 Å². The molecule has 5 nitrogen and oxygen atoms in total. The van der Waals surface area contributed by atoms with Crippen molar-refractivity contribution in [3.8, 4) is 0 Å². The summed E-state index contributed by atoms with van der Waals surface area (Å²) in [4.78, 5) is 12.1. The Balaban J connectivity index is 1.70. The molecule has 4 rings (SSSR count). The van der Waals surface area contributed by atoms with Crippen LogP contribution in [0.5, 0.6) is 0 Å². The molecule has 2 fully saturated rings. The molecule has 1 N–H and O–H groups in total. The van der Waals surface area contributed by atoms with Gasteiger partial charge in [0.05, 0.1) is 6.04 Å². The molecule has 4 heterocycles. The van der Waals surface area contributed by atoms with E-state index in [0.29, 0.717) is 6.04 Å². The average Bonchev–Trinajstić information content (AvgIpc) is 3.25. The lowest BCUT2D eigenvalue weighted by Gasteiger charge is -2.18. The molecule has 2 aliphatic heterocycles. The van der Waals surface area contributed by atoms with Crippen LogP contribution in [-0.4, -0.2) is 52.2 Å². The normalized spacial score (nSPS) is 26.2. The topological polar surface area (TPSA) is 46.0 Å². The van der Waals surface area contributed by atoms with Crippen LogP contribution in [0.1, 0.15) is 31.6 Å². The number of nitrogens with zero attached hydrogens (tertiary/aromatic N) is 4. The fourth-order valence-electron chi connectivity index (χ4n) is 3.96. The van der Waals surface area contributed by atoms with Gasteiger partial charge < -0.3 is 14.8 Å². The monoisotopic (exact) mass is 299 g/mol. The zero-order valence-electron chi connectivity index (χ0n) is 13.3. The molecule has 5 heteroatoms. The van der Waals surface area contributed by atoms with Gasteiger partial charge in [0.25, 0.3) is 0 Å². The van der Waals surface area contributed by atoms with E-state index < -0.39 is 0 Å². The van der Waals surface area contributed by atoms with E-state index in [4.69, 9.17) is 4.98 Å². The molecule has 0 aromatic carbocycles. The van der Waals surface area contributed by atoms with Gasteiger partial charge in [-0.2, -0.15) is 0 Å². The van der Waals surface area contributed by atoms with Crippen molar-refractivity contribution in [1.29, 1.82) is 0 Å². The molecule has 2 aliphatic rings. The van der Waals surface area contributed by atoms with E-state index in [0.717, 1.165) is 49.7 Å². The lowest BCUT2D eigenvalue weighted by Crippen LogP contribution is -2.22. The van der Waals surface area contributed by atoms with Crippen molar-refractivity contribution < 1.29 is 0 Å². The van der Waals surface area contributed by atoms with E-state index >= 15 is 0 Å². The Hall–Kier alpha value is -1.46. The molecule has 0 spiro atoms. The van der Waals surface area contributed by atoms with Crippen molar-refractivity contribution in [1.82, 2.24) is 24.8 Å². The zero-order valence-corrected chi connectivity index (χ0v) is 13.3. The van der Waals surface area contributed by atoms with Crippen molar-refractivity contribution in [2.45, 2.75) is 32.2 Å². The van der Waals surface area contributed by atoms with Gasteiger partial charge in [0.15, 0.2) is 5.65 Å². The molecular weight excluding hydrogens is 274 g/mol. The molecule has 2 saturated heterocycles. The quantitative estimate of drug-likeness (QED) is 0.936. The zero-order chi connectivity index (χ0) is 14.9. The minimum absolute atomic E-state index is 0.532. The second-order valence-electron chi connectivity index (χ2n) is 6.64. The number of rotatable bonds is 4. The molecule has 2 aromatic heterocycles. The Labute approximate surface area is 131 Å². The largest absolute Gasteiger partial charge is 0.316 e. The van der Waals surface area contributed by atoms with E-state index in [9.17, 15) is 0 Å². The number of nitrogens with one attached hydrogen (secondary N) is 1. The van der Waals surface area contributed by atoms with Gasteiger partial charge >= 0.3 is 0 Å². The molecule has 0 radical (unpaired) electrons. The van der Waals surface area contributed by atoms with Crippen LogP contribution in [0.15, 0.2) is 18.3 Å². The first kappa shape index (κ1) is 14.2. The third-order valence-electron chi connectivity index (χ3n) is 5.22. The summed E-state index contributed by atoms with van der Waals surface area (Å²) in [5, 5.41) is 3.47. The molecule has 0 aliphatic carbocycles. The van der Waals surface area contributed by atoms with Crippen LogP contribution in [0.25, 0.3) is 11.2 Å². The van der Waals surface area contributed by atoms with Gasteiger partial charge in [0.1, 0.15) is 11.3 Å². The molecule has 0 amide bonds. The van der Waals surface area contributed by atoms with Crippen molar-refractivity contribution in [3.05, 3.63) is 24.2 Å². The number of likely N-dealkylation sites (tertiary alicyclic amines) is 1. The Bertz CT molecular complexity index is 644. The smallest absolute Gasteiger partial charge is 0.160 e. The second kappa shape index (κ2) is 5.97. The summed E-state index contributed by atoms with van der Waals surface area (Å²) in [6, 6.07) is 4.62. The van der Waals surface area contributed by atoms with Crippen molar-refractivity contribution >= 4 is 11.2 Å². The number of hydrogen-bond acceptors (Lipinski definition) is 4. The highest BCUT2D eigenvalue weighted by Gasteiger charge is 2.28. The maximum Gasteiger partial charge on any atom is 0.160 e. The summed E-state index contributed by atoms with van der Waals surface area (Å²) in [7, 11) is 0. The van der Waals surface area contributed by atoms with E-state index in [1.54, 1.807) is 0 Å². The fourth-order valence-corrected chi connectivity index (χ4v) is 3.96. The van der Waals surface area contributed by atoms with E-state index in [1.807, 2.05) is 12.3 Å². The third kappa shape index (κ3) is 2.52. The van der Waals surface area contributed by atoms with Gasteiger partial charge in [-0.1, -0.05) is 6.92 Å². The van der Waals surface area contributed by atoms with Crippen molar-refractivity contribution in [2.75, 3.05) is 32.7 Å². The lowest BCUT2D eigenvalue weighted by atomic mass is 10.0. The first-order valence-corrected chi connectivity index (χ1v) is 8.60. The van der Waals surface area contributed by atoms with Gasteiger partial charge in [0, 0.05) is 25.7 Å². The second-order valence-corrected chi connectivity index (χ2v) is 6.64. The molecular formula is C17H25N5. The standard InChI is InChI=1S/C17H25N5/c1-2-21-9-6-14(12-21)22-16(10-13-5-8-18-11-13)20-15-4-3-7-19-17(15)22/h3-4,7,13-14,18H,2,5-6,8-12H2,1H3. The van der Waals surface area contributed by atoms with Gasteiger partial charge in [-0.05, 0) is 50.5 Å². The minimum atomic E-state index is 0.532. The number of imidazole rings is 1. The Morgan fingerprint density at radius 3 is 3.09 bits per heavy atom. The van der Waals surface area contributed by atoms with E-state index in [-0.39, 0.29) is 0 Å². The van der Waals surface area contributed by atoms with Crippen LogP contribution >= 0.6 is 0 Å². The van der Waals surface area contributed by atoms with Crippen LogP contribution in [0.4, 0.5) is 0 Å². The van der Waals surface area contributed by atoms with E-state index in [1.165, 1.54) is 25.2 Å². The predicted molar refractivity (Wildman–Crippen MR) is 88.0 cm³/mol. The fraction of sp³-hybridized carbons (Fsp3) is 0.647. The summed E-state index contributed by atoms with van der Waals surface area (Å²) >= 11 is 0. The number of hydrogen-bond donors (Lipinski definition) is 1. The minimum Gasteiger partial charge on any atom is -0.316 e. The van der Waals surface area contributed by atoms with Gasteiger partial charge in [-0.25, -0.2) is 9.97 Å². The molecule has 0 bridgehead atoms.